The van der Waals surface area contributed by atoms with E-state index >= 15 is 0 Å². The molecular weight excluding hydrogens is 364 g/mol. The summed E-state index contributed by atoms with van der Waals surface area (Å²) in [5, 5.41) is 18.9. The highest BCUT2D eigenvalue weighted by molar-refractivity contribution is 5.71. The predicted molar refractivity (Wildman–Crippen MR) is 102 cm³/mol. The molecule has 3 heterocycles. The monoisotopic (exact) mass is 386 g/mol. The maximum Gasteiger partial charge on any atom is 0.402 e. The Morgan fingerprint density at radius 3 is 2.71 bits per heavy atom. The van der Waals surface area contributed by atoms with Crippen LogP contribution in [0.1, 0.15) is 32.6 Å². The van der Waals surface area contributed by atoms with Crippen molar-refractivity contribution in [2.45, 2.75) is 38.6 Å². The molecule has 11 nitrogen and oxygen atoms in total. The van der Waals surface area contributed by atoms with Gasteiger partial charge in [-0.15, -0.1) is 5.10 Å². The van der Waals surface area contributed by atoms with Crippen LogP contribution in [0.25, 0.3) is 16.9 Å². The van der Waals surface area contributed by atoms with Gasteiger partial charge in [-0.25, -0.2) is 14.8 Å². The Labute approximate surface area is 161 Å². The highest BCUT2D eigenvalue weighted by atomic mass is 16.5. The van der Waals surface area contributed by atoms with Crippen molar-refractivity contribution in [2.24, 2.45) is 5.73 Å². The number of hydrogen-bond donors (Lipinski definition) is 3. The van der Waals surface area contributed by atoms with E-state index in [-0.39, 0.29) is 0 Å². The van der Waals surface area contributed by atoms with Crippen molar-refractivity contribution in [3.8, 4) is 11.6 Å². The van der Waals surface area contributed by atoms with Crippen LogP contribution in [0.4, 0.5) is 10.7 Å². The van der Waals surface area contributed by atoms with Gasteiger partial charge in [0.15, 0.2) is 11.2 Å². The molecule has 0 unspecified atom stereocenters. The first-order chi connectivity index (χ1) is 13.6. The number of ether oxygens (including phenoxy) is 1. The van der Waals surface area contributed by atoms with E-state index < -0.39 is 6.09 Å². The van der Waals surface area contributed by atoms with Crippen LogP contribution in [-0.4, -0.2) is 53.8 Å². The number of nitrogens with one attached hydrogen (secondary N) is 1. The summed E-state index contributed by atoms with van der Waals surface area (Å²) in [5.41, 5.74) is 6.13. The summed E-state index contributed by atoms with van der Waals surface area (Å²) in [5.74, 6) is 1.21. The van der Waals surface area contributed by atoms with E-state index in [0.717, 1.165) is 5.69 Å². The van der Waals surface area contributed by atoms with Crippen LogP contribution >= 0.6 is 0 Å². The Kier molecular flexibility index (Phi) is 6.14. The van der Waals surface area contributed by atoms with Crippen molar-refractivity contribution in [3.63, 3.8) is 0 Å². The van der Waals surface area contributed by atoms with Gasteiger partial charge in [0.1, 0.15) is 0 Å². The lowest BCUT2D eigenvalue weighted by atomic mass is 10.2. The topological polar surface area (TPSA) is 154 Å². The van der Waals surface area contributed by atoms with E-state index in [9.17, 15) is 0 Å². The summed E-state index contributed by atoms with van der Waals surface area (Å²) in [6.07, 6.45) is 6.92. The molecule has 0 spiro atoms. The fraction of sp³-hybridized carbons (Fsp3) is 0.412. The number of hydrogen-bond acceptors (Lipinski definition) is 8. The fourth-order valence-corrected chi connectivity index (χ4v) is 2.96. The van der Waals surface area contributed by atoms with E-state index in [1.807, 2.05) is 19.1 Å². The smallest absolute Gasteiger partial charge is 0.402 e. The first-order valence-corrected chi connectivity index (χ1v) is 8.99. The van der Waals surface area contributed by atoms with Gasteiger partial charge in [-0.1, -0.05) is 18.1 Å². The minimum absolute atomic E-state index is 0.457. The van der Waals surface area contributed by atoms with Gasteiger partial charge in [0.2, 0.25) is 11.8 Å². The number of amides is 1. The molecule has 0 atom stereocenters. The molecule has 1 aliphatic carbocycles. The van der Waals surface area contributed by atoms with Crippen molar-refractivity contribution >= 4 is 23.2 Å². The van der Waals surface area contributed by atoms with Gasteiger partial charge in [0, 0.05) is 12.1 Å². The second-order valence-electron chi connectivity index (χ2n) is 6.16. The Hall–Kier alpha value is -3.50. The fourth-order valence-electron chi connectivity index (χ4n) is 2.96. The minimum atomic E-state index is -1.33. The summed E-state index contributed by atoms with van der Waals surface area (Å²) < 4.78 is 7.03. The number of nitrogens with two attached hydrogens (primary N) is 1. The number of nitrogens with zero attached hydrogens (tertiary/aromatic N) is 6. The number of primary amides is 1. The quantitative estimate of drug-likeness (QED) is 0.597. The van der Waals surface area contributed by atoms with E-state index in [1.165, 1.54) is 25.7 Å². The van der Waals surface area contributed by atoms with Crippen molar-refractivity contribution in [1.82, 2.24) is 29.9 Å². The average molecular weight is 386 g/mol. The van der Waals surface area contributed by atoms with Crippen LogP contribution in [0.2, 0.25) is 0 Å². The molecule has 148 valence electrons. The van der Waals surface area contributed by atoms with Crippen molar-refractivity contribution in [2.75, 3.05) is 11.9 Å². The molecule has 3 aromatic rings. The van der Waals surface area contributed by atoms with E-state index in [2.05, 4.69) is 36.3 Å². The van der Waals surface area contributed by atoms with Gasteiger partial charge in [0.25, 0.3) is 0 Å². The predicted octanol–water partition coefficient (Wildman–Crippen LogP) is 1.98. The molecule has 0 aromatic carbocycles. The highest BCUT2D eigenvalue weighted by Gasteiger charge is 2.17. The molecule has 0 saturated heterocycles. The summed E-state index contributed by atoms with van der Waals surface area (Å²) in [6.45, 7) is 2.51. The second-order valence-corrected chi connectivity index (χ2v) is 6.16. The zero-order valence-corrected chi connectivity index (χ0v) is 15.4. The van der Waals surface area contributed by atoms with Crippen LogP contribution in [-0.2, 0) is 0 Å². The van der Waals surface area contributed by atoms with Crippen molar-refractivity contribution < 1.29 is 14.6 Å². The molecule has 1 fully saturated rings. The molecule has 0 radical (unpaired) electrons. The molecular formula is C17H22N8O3. The summed E-state index contributed by atoms with van der Waals surface area (Å²) in [7, 11) is 0. The molecule has 4 N–H and O–H groups in total. The van der Waals surface area contributed by atoms with Gasteiger partial charge in [0.05, 0.1) is 24.7 Å². The van der Waals surface area contributed by atoms with Crippen LogP contribution < -0.4 is 15.8 Å². The number of anilines is 1. The molecule has 1 amide bonds. The van der Waals surface area contributed by atoms with Gasteiger partial charge in [-0.3, -0.25) is 0 Å². The Bertz CT molecular complexity index is 918. The Morgan fingerprint density at radius 1 is 1.32 bits per heavy atom. The first-order valence-electron chi connectivity index (χ1n) is 8.99. The van der Waals surface area contributed by atoms with Crippen molar-refractivity contribution in [1.29, 1.82) is 0 Å². The molecule has 1 aliphatic rings. The molecule has 11 heteroatoms. The van der Waals surface area contributed by atoms with E-state index in [4.69, 9.17) is 14.6 Å². The largest absolute Gasteiger partial charge is 0.478 e. The van der Waals surface area contributed by atoms with Crippen LogP contribution in [0, 0.1) is 0 Å². The number of carbonyl (C=O) groups is 1. The van der Waals surface area contributed by atoms with Crippen LogP contribution in [0.15, 0.2) is 24.5 Å². The lowest BCUT2D eigenvalue weighted by Crippen LogP contribution is -2.16. The van der Waals surface area contributed by atoms with Crippen LogP contribution in [0.5, 0.6) is 5.88 Å². The second kappa shape index (κ2) is 8.93. The third kappa shape index (κ3) is 4.81. The molecule has 3 aromatic heterocycles. The van der Waals surface area contributed by atoms with Gasteiger partial charge in [-0.05, 0) is 25.8 Å². The number of rotatable bonds is 5. The third-order valence-corrected chi connectivity index (χ3v) is 4.14. The highest BCUT2D eigenvalue weighted by Crippen LogP contribution is 2.22. The minimum Gasteiger partial charge on any atom is -0.478 e. The molecule has 0 aliphatic heterocycles. The average Bonchev–Trinajstić information content (AvgIpc) is 3.32. The maximum absolute atomic E-state index is 8.78. The SMILES string of the molecule is CCOc1ccc(-n2nnc3cnc(NC4CCCC4)nc32)cn1.NC(=O)O. The summed E-state index contributed by atoms with van der Waals surface area (Å²) >= 11 is 0. The molecule has 28 heavy (non-hydrogen) atoms. The lowest BCUT2D eigenvalue weighted by molar-refractivity contribution is 0.205. The number of carboxylic acid groups (broad SMARTS) is 1. The third-order valence-electron chi connectivity index (χ3n) is 4.14. The number of aromatic nitrogens is 6. The van der Waals surface area contributed by atoms with E-state index in [0.29, 0.717) is 35.6 Å². The first kappa shape index (κ1) is 19.3. The molecule has 0 bridgehead atoms. The van der Waals surface area contributed by atoms with Gasteiger partial charge in [-0.2, -0.15) is 9.67 Å². The molecule has 4 rings (SSSR count). The standard InChI is InChI=1S/C16H19N7O.CH3NO2/c1-2-24-14-8-7-12(9-17-14)23-15-13(21-22-23)10-18-16(20-15)19-11-5-3-4-6-11;2-1(3)4/h7-11H,2-6H2,1H3,(H,18,19,20);2H2,(H,3,4). The molecule has 1 saturated carbocycles. The van der Waals surface area contributed by atoms with Gasteiger partial charge >= 0.3 is 6.09 Å². The number of pyridine rings is 1. The Balaban J connectivity index is 0.000000516. The van der Waals surface area contributed by atoms with Crippen LogP contribution in [0.3, 0.4) is 0 Å². The number of fused-ring (bicyclic) bond motifs is 1. The lowest BCUT2D eigenvalue weighted by Gasteiger charge is -2.11. The summed E-state index contributed by atoms with van der Waals surface area (Å²) in [4.78, 5) is 22.0. The zero-order chi connectivity index (χ0) is 19.9. The van der Waals surface area contributed by atoms with E-state index in [1.54, 1.807) is 17.1 Å². The van der Waals surface area contributed by atoms with Crippen molar-refractivity contribution in [3.05, 3.63) is 24.5 Å². The summed E-state index contributed by atoms with van der Waals surface area (Å²) in [6, 6.07) is 4.16. The Morgan fingerprint density at radius 2 is 2.07 bits per heavy atom. The normalized spacial score (nSPS) is 13.8. The maximum atomic E-state index is 8.78. The zero-order valence-electron chi connectivity index (χ0n) is 15.4. The van der Waals surface area contributed by atoms with Gasteiger partial charge < -0.3 is 20.9 Å².